The van der Waals surface area contributed by atoms with Gasteiger partial charge in [0.05, 0.1) is 24.7 Å². The quantitative estimate of drug-likeness (QED) is 0.573. The summed E-state index contributed by atoms with van der Waals surface area (Å²) in [4.78, 5) is 2.30. The number of methoxy groups -OCH3 is 1. The van der Waals surface area contributed by atoms with Crippen LogP contribution < -0.4 is 9.46 Å². The van der Waals surface area contributed by atoms with E-state index in [0.717, 1.165) is 5.56 Å². The molecule has 0 amide bonds. The van der Waals surface area contributed by atoms with Crippen molar-refractivity contribution in [1.82, 2.24) is 9.62 Å². The summed E-state index contributed by atoms with van der Waals surface area (Å²) in [5.41, 5.74) is 0.850. The van der Waals surface area contributed by atoms with Gasteiger partial charge in [-0.15, -0.1) is 0 Å². The molecule has 0 aliphatic carbocycles. The molecule has 0 spiro atoms. The number of ether oxygens (including phenoxy) is 3. The lowest BCUT2D eigenvalue weighted by molar-refractivity contribution is 0.0172. The van der Waals surface area contributed by atoms with Crippen LogP contribution in [0.2, 0.25) is 0 Å². The van der Waals surface area contributed by atoms with E-state index in [1.807, 2.05) is 0 Å². The first-order chi connectivity index (χ1) is 14.5. The second-order valence-electron chi connectivity index (χ2n) is 6.88. The van der Waals surface area contributed by atoms with Crippen molar-refractivity contribution >= 4 is 10.0 Å². The Hall–Kier alpha value is -2.04. The fourth-order valence-corrected chi connectivity index (χ4v) is 4.30. The fourth-order valence-electron chi connectivity index (χ4n) is 3.26. The summed E-state index contributed by atoms with van der Waals surface area (Å²) in [5, 5.41) is 0. The summed E-state index contributed by atoms with van der Waals surface area (Å²) >= 11 is 0. The Labute approximate surface area is 176 Å². The molecule has 0 aromatic heterocycles. The molecule has 2 aromatic carbocycles. The molecule has 2 aromatic rings. The molecule has 1 fully saturated rings. The maximum absolute atomic E-state index is 13.4. The van der Waals surface area contributed by atoms with E-state index >= 15 is 0 Å². The lowest BCUT2D eigenvalue weighted by atomic mass is 10.0. The molecule has 0 radical (unpaired) electrons. The van der Waals surface area contributed by atoms with Gasteiger partial charge in [0.15, 0.2) is 0 Å². The molecule has 1 saturated heterocycles. The molecule has 9 heteroatoms. The lowest BCUT2D eigenvalue weighted by Crippen LogP contribution is -2.43. The van der Waals surface area contributed by atoms with Crippen molar-refractivity contribution in [1.29, 1.82) is 0 Å². The molecular formula is C21H27FN2O5S. The minimum Gasteiger partial charge on any atom is -0.491 e. The van der Waals surface area contributed by atoms with Gasteiger partial charge in [-0.2, -0.15) is 0 Å². The third kappa shape index (κ3) is 6.23. The van der Waals surface area contributed by atoms with Crippen LogP contribution in [0.5, 0.6) is 5.75 Å². The zero-order valence-electron chi connectivity index (χ0n) is 16.9. The number of halogens is 1. The minimum absolute atomic E-state index is 0.154. The maximum atomic E-state index is 13.4. The van der Waals surface area contributed by atoms with Crippen LogP contribution in [0.3, 0.4) is 0 Å². The van der Waals surface area contributed by atoms with Crippen LogP contribution in [-0.4, -0.2) is 66.5 Å². The van der Waals surface area contributed by atoms with Crippen molar-refractivity contribution in [3.63, 3.8) is 0 Å². The smallest absolute Gasteiger partial charge is 0.240 e. The maximum Gasteiger partial charge on any atom is 0.240 e. The fraction of sp³-hybridized carbons (Fsp3) is 0.429. The predicted molar refractivity (Wildman–Crippen MR) is 111 cm³/mol. The van der Waals surface area contributed by atoms with Gasteiger partial charge in [0.2, 0.25) is 10.0 Å². The third-order valence-corrected chi connectivity index (χ3v) is 6.34. The van der Waals surface area contributed by atoms with Gasteiger partial charge in [0, 0.05) is 32.8 Å². The third-order valence-electron chi connectivity index (χ3n) is 4.90. The number of benzene rings is 2. The number of rotatable bonds is 10. The SMILES string of the molecule is COCCOc1ccc(S(=O)(=O)NCC(c2ccc(F)cc2)N2CCOCC2)cc1. The van der Waals surface area contributed by atoms with Gasteiger partial charge in [0.1, 0.15) is 18.2 Å². The van der Waals surface area contributed by atoms with Gasteiger partial charge >= 0.3 is 0 Å². The van der Waals surface area contributed by atoms with E-state index in [2.05, 4.69) is 9.62 Å². The van der Waals surface area contributed by atoms with Gasteiger partial charge in [-0.25, -0.2) is 17.5 Å². The largest absolute Gasteiger partial charge is 0.491 e. The molecule has 1 unspecified atom stereocenters. The number of nitrogens with zero attached hydrogens (tertiary/aromatic N) is 1. The Morgan fingerprint density at radius 1 is 1.07 bits per heavy atom. The van der Waals surface area contributed by atoms with Crippen LogP contribution in [0.1, 0.15) is 11.6 Å². The Morgan fingerprint density at radius 3 is 2.37 bits per heavy atom. The summed E-state index contributed by atoms with van der Waals surface area (Å²) in [6.07, 6.45) is 0. The molecule has 7 nitrogen and oxygen atoms in total. The Bertz CT molecular complexity index is 885. The topological polar surface area (TPSA) is 77.1 Å². The first kappa shape index (κ1) is 22.6. The second-order valence-corrected chi connectivity index (χ2v) is 8.65. The van der Waals surface area contributed by atoms with E-state index in [1.54, 1.807) is 31.4 Å². The van der Waals surface area contributed by atoms with Gasteiger partial charge < -0.3 is 14.2 Å². The van der Waals surface area contributed by atoms with Crippen LogP contribution in [-0.2, 0) is 19.5 Å². The van der Waals surface area contributed by atoms with E-state index in [1.165, 1.54) is 24.3 Å². The lowest BCUT2D eigenvalue weighted by Gasteiger charge is -2.34. The van der Waals surface area contributed by atoms with Crippen LogP contribution >= 0.6 is 0 Å². The number of morpholine rings is 1. The number of nitrogens with one attached hydrogen (secondary N) is 1. The van der Waals surface area contributed by atoms with Crippen LogP contribution in [0.4, 0.5) is 4.39 Å². The highest BCUT2D eigenvalue weighted by molar-refractivity contribution is 7.89. The minimum atomic E-state index is -3.71. The normalized spacial score (nSPS) is 16.3. The van der Waals surface area contributed by atoms with Crippen molar-refractivity contribution in [2.75, 3.05) is 53.2 Å². The summed E-state index contributed by atoms with van der Waals surface area (Å²) in [6.45, 7) is 3.52. The van der Waals surface area contributed by atoms with Gasteiger partial charge in [-0.05, 0) is 42.0 Å². The van der Waals surface area contributed by atoms with Crippen LogP contribution in [0, 0.1) is 5.82 Å². The summed E-state index contributed by atoms with van der Waals surface area (Å²) in [5.74, 6) is 0.247. The van der Waals surface area contributed by atoms with Crippen molar-refractivity contribution < 1.29 is 27.0 Å². The Morgan fingerprint density at radius 2 is 1.73 bits per heavy atom. The number of hydrogen-bond donors (Lipinski definition) is 1. The molecule has 1 atom stereocenters. The zero-order chi connectivity index (χ0) is 21.4. The summed E-state index contributed by atoms with van der Waals surface area (Å²) in [7, 11) is -2.13. The Kier molecular flexibility index (Phi) is 8.17. The molecular weight excluding hydrogens is 411 g/mol. The molecule has 1 aliphatic heterocycles. The highest BCUT2D eigenvalue weighted by Gasteiger charge is 2.25. The molecule has 3 rings (SSSR count). The first-order valence-corrected chi connectivity index (χ1v) is 11.3. The van der Waals surface area contributed by atoms with Crippen molar-refractivity contribution in [2.24, 2.45) is 0 Å². The van der Waals surface area contributed by atoms with E-state index < -0.39 is 10.0 Å². The highest BCUT2D eigenvalue weighted by atomic mass is 32.2. The monoisotopic (exact) mass is 438 g/mol. The van der Waals surface area contributed by atoms with E-state index in [9.17, 15) is 12.8 Å². The van der Waals surface area contributed by atoms with E-state index in [-0.39, 0.29) is 23.3 Å². The number of hydrogen-bond acceptors (Lipinski definition) is 6. The highest BCUT2D eigenvalue weighted by Crippen LogP contribution is 2.23. The molecule has 0 saturated carbocycles. The second kappa shape index (κ2) is 10.8. The van der Waals surface area contributed by atoms with E-state index in [4.69, 9.17) is 14.2 Å². The summed E-state index contributed by atoms with van der Waals surface area (Å²) in [6, 6.07) is 12.2. The molecule has 164 valence electrons. The molecule has 1 aliphatic rings. The molecule has 30 heavy (non-hydrogen) atoms. The Balaban J connectivity index is 1.69. The van der Waals surface area contributed by atoms with Crippen molar-refractivity contribution in [3.05, 3.63) is 59.9 Å². The average Bonchev–Trinajstić information content (AvgIpc) is 2.76. The van der Waals surface area contributed by atoms with Crippen LogP contribution in [0.25, 0.3) is 0 Å². The van der Waals surface area contributed by atoms with Gasteiger partial charge in [-0.3, -0.25) is 4.90 Å². The first-order valence-electron chi connectivity index (χ1n) is 9.78. The van der Waals surface area contributed by atoms with E-state index in [0.29, 0.717) is 45.3 Å². The predicted octanol–water partition coefficient (Wildman–Crippen LogP) is 2.20. The zero-order valence-corrected chi connectivity index (χ0v) is 17.7. The van der Waals surface area contributed by atoms with Crippen molar-refractivity contribution in [3.8, 4) is 5.75 Å². The van der Waals surface area contributed by atoms with Gasteiger partial charge in [0.25, 0.3) is 0 Å². The van der Waals surface area contributed by atoms with Crippen LogP contribution in [0.15, 0.2) is 53.4 Å². The molecule has 1 N–H and O–H groups in total. The molecule has 0 bridgehead atoms. The van der Waals surface area contributed by atoms with Crippen molar-refractivity contribution in [2.45, 2.75) is 10.9 Å². The molecule has 1 heterocycles. The van der Waals surface area contributed by atoms with Gasteiger partial charge in [-0.1, -0.05) is 12.1 Å². The average molecular weight is 439 g/mol. The summed E-state index contributed by atoms with van der Waals surface area (Å²) < 4.78 is 57.5. The number of sulfonamides is 1. The standard InChI is InChI=1S/C21H27FN2O5S/c1-27-14-15-29-19-6-8-20(9-7-19)30(25,26)23-16-21(24-10-12-28-13-11-24)17-2-4-18(22)5-3-17/h2-9,21,23H,10-16H2,1H3.